The molecule has 2 amide bonds. The van der Waals surface area contributed by atoms with Crippen molar-refractivity contribution in [3.8, 4) is 0 Å². The van der Waals surface area contributed by atoms with Gasteiger partial charge in [-0.3, -0.25) is 0 Å². The molecule has 2 rings (SSSR count). The Labute approximate surface area is 108 Å². The van der Waals surface area contributed by atoms with Crippen LogP contribution in [0.4, 0.5) is 4.79 Å². The molecule has 0 aromatic carbocycles. The van der Waals surface area contributed by atoms with Crippen LogP contribution in [0.15, 0.2) is 0 Å². The zero-order valence-corrected chi connectivity index (χ0v) is 10.9. The highest BCUT2D eigenvalue weighted by Crippen LogP contribution is 2.33. The summed E-state index contributed by atoms with van der Waals surface area (Å²) in [6.45, 7) is 2.40. The average molecular weight is 254 g/mol. The highest BCUT2D eigenvalue weighted by Gasteiger charge is 2.48. The van der Waals surface area contributed by atoms with Crippen molar-refractivity contribution < 1.29 is 14.7 Å². The van der Waals surface area contributed by atoms with Crippen molar-refractivity contribution in [1.29, 1.82) is 0 Å². The van der Waals surface area contributed by atoms with Gasteiger partial charge in [0.2, 0.25) is 0 Å². The van der Waals surface area contributed by atoms with Crippen LogP contribution in [0.1, 0.15) is 51.9 Å². The SMILES string of the molecule is CCC1(C(=O)O)CCCN1C(=O)NC1CCCC1. The van der Waals surface area contributed by atoms with E-state index in [-0.39, 0.29) is 12.1 Å². The van der Waals surface area contributed by atoms with Gasteiger partial charge in [-0.05, 0) is 32.1 Å². The summed E-state index contributed by atoms with van der Waals surface area (Å²) in [6.07, 6.45) is 6.17. The molecule has 0 radical (unpaired) electrons. The maximum Gasteiger partial charge on any atom is 0.329 e. The van der Waals surface area contributed by atoms with Gasteiger partial charge in [-0.25, -0.2) is 9.59 Å². The molecule has 102 valence electrons. The molecule has 0 bridgehead atoms. The number of rotatable bonds is 3. The minimum atomic E-state index is -0.983. The van der Waals surface area contributed by atoms with Crippen LogP contribution in [-0.2, 0) is 4.79 Å². The number of likely N-dealkylation sites (tertiary alicyclic amines) is 1. The summed E-state index contributed by atoms with van der Waals surface area (Å²) in [5.41, 5.74) is -0.983. The lowest BCUT2D eigenvalue weighted by atomic mass is 9.93. The van der Waals surface area contributed by atoms with Crippen LogP contribution < -0.4 is 5.32 Å². The average Bonchev–Trinajstić information content (AvgIpc) is 2.96. The minimum Gasteiger partial charge on any atom is -0.479 e. The molecule has 1 aliphatic heterocycles. The van der Waals surface area contributed by atoms with Crippen molar-refractivity contribution in [3.05, 3.63) is 0 Å². The fraction of sp³-hybridized carbons (Fsp3) is 0.846. The van der Waals surface area contributed by atoms with E-state index in [1.807, 2.05) is 6.92 Å². The van der Waals surface area contributed by atoms with Crippen LogP contribution in [0.3, 0.4) is 0 Å². The van der Waals surface area contributed by atoms with Crippen LogP contribution in [0.2, 0.25) is 0 Å². The summed E-state index contributed by atoms with van der Waals surface area (Å²) in [7, 11) is 0. The fourth-order valence-electron chi connectivity index (χ4n) is 3.24. The largest absolute Gasteiger partial charge is 0.479 e. The fourth-order valence-corrected chi connectivity index (χ4v) is 3.24. The van der Waals surface area contributed by atoms with E-state index in [0.717, 1.165) is 32.1 Å². The van der Waals surface area contributed by atoms with Crippen molar-refractivity contribution in [2.45, 2.75) is 63.5 Å². The van der Waals surface area contributed by atoms with Gasteiger partial charge < -0.3 is 15.3 Å². The Hall–Kier alpha value is -1.26. The first-order chi connectivity index (χ1) is 8.60. The molecule has 1 saturated carbocycles. The number of aliphatic carboxylic acids is 1. The Balaban J connectivity index is 2.05. The lowest BCUT2D eigenvalue weighted by Crippen LogP contribution is -2.56. The van der Waals surface area contributed by atoms with Gasteiger partial charge in [-0.2, -0.15) is 0 Å². The number of carboxylic acids is 1. The maximum absolute atomic E-state index is 12.2. The maximum atomic E-state index is 12.2. The highest BCUT2D eigenvalue weighted by molar-refractivity contribution is 5.87. The third-order valence-corrected chi connectivity index (χ3v) is 4.40. The van der Waals surface area contributed by atoms with Crippen LogP contribution in [0, 0.1) is 0 Å². The van der Waals surface area contributed by atoms with E-state index >= 15 is 0 Å². The van der Waals surface area contributed by atoms with Crippen molar-refractivity contribution in [3.63, 3.8) is 0 Å². The first kappa shape index (κ1) is 13.2. The standard InChI is InChI=1S/C13H22N2O3/c1-2-13(11(16)17)8-5-9-15(13)12(18)14-10-6-3-4-7-10/h10H,2-9H2,1H3,(H,14,18)(H,16,17). The Morgan fingerprint density at radius 1 is 1.33 bits per heavy atom. The number of nitrogens with one attached hydrogen (secondary N) is 1. The molecule has 0 aromatic heterocycles. The smallest absolute Gasteiger partial charge is 0.329 e. The summed E-state index contributed by atoms with van der Waals surface area (Å²) in [5, 5.41) is 12.4. The van der Waals surface area contributed by atoms with Crippen LogP contribution >= 0.6 is 0 Å². The van der Waals surface area contributed by atoms with Gasteiger partial charge >= 0.3 is 12.0 Å². The van der Waals surface area contributed by atoms with Crippen LogP contribution in [0.25, 0.3) is 0 Å². The Kier molecular flexibility index (Phi) is 3.78. The van der Waals surface area contributed by atoms with Gasteiger partial charge in [0.05, 0.1) is 0 Å². The van der Waals surface area contributed by atoms with Crippen molar-refractivity contribution >= 4 is 12.0 Å². The van der Waals surface area contributed by atoms with Gasteiger partial charge in [0.1, 0.15) is 5.54 Å². The van der Waals surface area contributed by atoms with Gasteiger partial charge in [-0.1, -0.05) is 19.8 Å². The monoisotopic (exact) mass is 254 g/mol. The van der Waals surface area contributed by atoms with Gasteiger partial charge in [0.15, 0.2) is 0 Å². The molecule has 1 saturated heterocycles. The lowest BCUT2D eigenvalue weighted by molar-refractivity contribution is -0.148. The molecular weight excluding hydrogens is 232 g/mol. The second-order valence-electron chi connectivity index (χ2n) is 5.38. The molecule has 1 unspecified atom stereocenters. The number of hydrogen-bond acceptors (Lipinski definition) is 2. The van der Waals surface area contributed by atoms with E-state index in [1.165, 1.54) is 4.90 Å². The Morgan fingerprint density at radius 2 is 2.00 bits per heavy atom. The molecule has 5 nitrogen and oxygen atoms in total. The zero-order chi connectivity index (χ0) is 13.2. The van der Waals surface area contributed by atoms with Crippen LogP contribution in [-0.4, -0.2) is 40.1 Å². The molecule has 1 heterocycles. The second-order valence-corrected chi connectivity index (χ2v) is 5.38. The van der Waals surface area contributed by atoms with E-state index in [2.05, 4.69) is 5.32 Å². The normalized spacial score (nSPS) is 28.6. The molecule has 2 aliphatic rings. The number of carboxylic acid groups (broad SMARTS) is 1. The van der Waals surface area contributed by atoms with Crippen molar-refractivity contribution in [2.75, 3.05) is 6.54 Å². The van der Waals surface area contributed by atoms with Gasteiger partial charge in [0, 0.05) is 12.6 Å². The number of urea groups is 1. The molecule has 18 heavy (non-hydrogen) atoms. The molecule has 1 atom stereocenters. The molecule has 2 N–H and O–H groups in total. The molecule has 0 aromatic rings. The molecule has 0 spiro atoms. The Morgan fingerprint density at radius 3 is 2.56 bits per heavy atom. The summed E-state index contributed by atoms with van der Waals surface area (Å²) in [6, 6.07) is 0.0464. The summed E-state index contributed by atoms with van der Waals surface area (Å²) >= 11 is 0. The quantitative estimate of drug-likeness (QED) is 0.809. The molecule has 5 heteroatoms. The third-order valence-electron chi connectivity index (χ3n) is 4.40. The predicted octanol–water partition coefficient (Wildman–Crippen LogP) is 1.97. The molecular formula is C13H22N2O3. The van der Waals surface area contributed by atoms with E-state index in [1.54, 1.807) is 0 Å². The summed E-state index contributed by atoms with van der Waals surface area (Å²) in [5.74, 6) is -0.871. The van der Waals surface area contributed by atoms with Crippen molar-refractivity contribution in [1.82, 2.24) is 10.2 Å². The number of hydrogen-bond donors (Lipinski definition) is 2. The zero-order valence-electron chi connectivity index (χ0n) is 10.9. The van der Waals surface area contributed by atoms with Crippen LogP contribution in [0.5, 0.6) is 0 Å². The van der Waals surface area contributed by atoms with Gasteiger partial charge in [0.25, 0.3) is 0 Å². The van der Waals surface area contributed by atoms with Gasteiger partial charge in [-0.15, -0.1) is 0 Å². The number of nitrogens with zero attached hydrogens (tertiary/aromatic N) is 1. The Bertz CT molecular complexity index is 339. The highest BCUT2D eigenvalue weighted by atomic mass is 16.4. The first-order valence-electron chi connectivity index (χ1n) is 6.91. The molecule has 1 aliphatic carbocycles. The minimum absolute atomic E-state index is 0.191. The summed E-state index contributed by atoms with van der Waals surface area (Å²) < 4.78 is 0. The number of carbonyl (C=O) groups is 2. The molecule has 2 fully saturated rings. The van der Waals surface area contributed by atoms with E-state index in [4.69, 9.17) is 0 Å². The first-order valence-corrected chi connectivity index (χ1v) is 6.91. The van der Waals surface area contributed by atoms with E-state index in [9.17, 15) is 14.7 Å². The van der Waals surface area contributed by atoms with E-state index in [0.29, 0.717) is 19.4 Å². The number of carbonyl (C=O) groups excluding carboxylic acids is 1. The topological polar surface area (TPSA) is 69.6 Å². The summed E-state index contributed by atoms with van der Waals surface area (Å²) in [4.78, 5) is 25.3. The predicted molar refractivity (Wildman–Crippen MR) is 67.4 cm³/mol. The lowest BCUT2D eigenvalue weighted by Gasteiger charge is -2.34. The van der Waals surface area contributed by atoms with Crippen molar-refractivity contribution in [2.24, 2.45) is 0 Å². The third kappa shape index (κ3) is 2.18. The number of amides is 2. The van der Waals surface area contributed by atoms with E-state index < -0.39 is 11.5 Å². The second kappa shape index (κ2) is 5.16.